The molecule has 1 saturated heterocycles. The molecular formula is C21H35Cl2N3O. The number of rotatable bonds is 7. The molecule has 1 aromatic rings. The zero-order valence-electron chi connectivity index (χ0n) is 16.3. The summed E-state index contributed by atoms with van der Waals surface area (Å²) < 4.78 is 0. The van der Waals surface area contributed by atoms with E-state index in [1.54, 1.807) is 0 Å². The van der Waals surface area contributed by atoms with Gasteiger partial charge in [0.15, 0.2) is 0 Å². The first-order valence-corrected chi connectivity index (χ1v) is 9.96. The number of benzene rings is 1. The maximum atomic E-state index is 12.4. The van der Waals surface area contributed by atoms with E-state index in [2.05, 4.69) is 34.5 Å². The number of carbonyl (C=O) groups excluding carboxylic acids is 1. The Balaban J connectivity index is 0.00000182. The zero-order valence-corrected chi connectivity index (χ0v) is 17.9. The van der Waals surface area contributed by atoms with Crippen molar-refractivity contribution in [3.05, 3.63) is 35.4 Å². The van der Waals surface area contributed by atoms with Crippen molar-refractivity contribution in [3.63, 3.8) is 0 Å². The van der Waals surface area contributed by atoms with Crippen molar-refractivity contribution in [2.45, 2.75) is 64.5 Å². The van der Waals surface area contributed by atoms with Crippen molar-refractivity contribution in [2.75, 3.05) is 19.6 Å². The average molecular weight is 416 g/mol. The lowest BCUT2D eigenvalue weighted by Gasteiger charge is -2.35. The summed E-state index contributed by atoms with van der Waals surface area (Å²) >= 11 is 0. The summed E-state index contributed by atoms with van der Waals surface area (Å²) in [5.41, 5.74) is 8.59. The molecule has 1 aliphatic carbocycles. The number of nitrogens with zero attached hydrogens (tertiary/aromatic N) is 1. The lowest BCUT2D eigenvalue weighted by Crippen LogP contribution is -2.38. The summed E-state index contributed by atoms with van der Waals surface area (Å²) in [6.07, 6.45) is 9.12. The second-order valence-electron chi connectivity index (χ2n) is 8.02. The Morgan fingerprint density at radius 1 is 1.04 bits per heavy atom. The monoisotopic (exact) mass is 415 g/mol. The minimum absolute atomic E-state index is 0. The van der Waals surface area contributed by atoms with Crippen molar-refractivity contribution in [2.24, 2.45) is 11.1 Å². The Labute approximate surface area is 176 Å². The molecule has 0 aromatic heterocycles. The van der Waals surface area contributed by atoms with Gasteiger partial charge in [0.05, 0.1) is 0 Å². The van der Waals surface area contributed by atoms with Gasteiger partial charge in [-0.2, -0.15) is 0 Å². The Morgan fingerprint density at radius 3 is 2.37 bits per heavy atom. The van der Waals surface area contributed by atoms with Crippen LogP contribution < -0.4 is 11.1 Å². The lowest BCUT2D eigenvalue weighted by molar-refractivity contribution is -0.124. The van der Waals surface area contributed by atoms with Crippen molar-refractivity contribution in [3.8, 4) is 0 Å². The van der Waals surface area contributed by atoms with Gasteiger partial charge in [-0.3, -0.25) is 9.69 Å². The van der Waals surface area contributed by atoms with E-state index in [9.17, 15) is 4.79 Å². The molecule has 3 rings (SSSR count). The number of likely N-dealkylation sites (tertiary alicyclic amines) is 1. The fourth-order valence-electron chi connectivity index (χ4n) is 4.40. The third-order valence-electron chi connectivity index (χ3n) is 5.97. The van der Waals surface area contributed by atoms with E-state index in [-0.39, 0.29) is 36.1 Å². The van der Waals surface area contributed by atoms with Crippen LogP contribution in [0.3, 0.4) is 0 Å². The Bertz CT molecular complexity index is 570. The Hall–Kier alpha value is -0.810. The molecule has 0 unspecified atom stereocenters. The van der Waals surface area contributed by atoms with Crippen molar-refractivity contribution < 1.29 is 4.79 Å². The van der Waals surface area contributed by atoms with Gasteiger partial charge < -0.3 is 11.1 Å². The highest BCUT2D eigenvalue weighted by atomic mass is 35.5. The molecule has 1 aliphatic heterocycles. The molecule has 4 nitrogen and oxygen atoms in total. The van der Waals surface area contributed by atoms with Crippen LogP contribution in [0.5, 0.6) is 0 Å². The highest BCUT2D eigenvalue weighted by Gasteiger charge is 2.32. The molecule has 1 heterocycles. The molecule has 2 fully saturated rings. The van der Waals surface area contributed by atoms with Crippen LogP contribution in [0.1, 0.15) is 62.5 Å². The van der Waals surface area contributed by atoms with E-state index in [0.29, 0.717) is 19.5 Å². The van der Waals surface area contributed by atoms with E-state index in [1.165, 1.54) is 56.3 Å². The second kappa shape index (κ2) is 11.9. The minimum Gasteiger partial charge on any atom is -0.352 e. The largest absolute Gasteiger partial charge is 0.352 e. The van der Waals surface area contributed by atoms with Gasteiger partial charge in [0, 0.05) is 19.5 Å². The highest BCUT2D eigenvalue weighted by molar-refractivity contribution is 5.85. The third-order valence-corrected chi connectivity index (χ3v) is 5.97. The number of nitrogens with two attached hydrogens (primary N) is 1. The van der Waals surface area contributed by atoms with Crippen LogP contribution in [-0.2, 0) is 17.9 Å². The van der Waals surface area contributed by atoms with Crippen molar-refractivity contribution >= 4 is 30.7 Å². The average Bonchev–Trinajstić information content (AvgIpc) is 3.14. The molecule has 1 amide bonds. The Morgan fingerprint density at radius 2 is 1.70 bits per heavy atom. The summed E-state index contributed by atoms with van der Waals surface area (Å²) in [6, 6.07) is 8.63. The number of nitrogens with one attached hydrogen (secondary N) is 1. The zero-order chi connectivity index (χ0) is 17.5. The normalized spacial score (nSPS) is 19.0. The predicted octanol–water partition coefficient (Wildman–Crippen LogP) is 4.04. The van der Waals surface area contributed by atoms with Crippen molar-refractivity contribution in [1.29, 1.82) is 0 Å². The van der Waals surface area contributed by atoms with E-state index in [0.717, 1.165) is 19.4 Å². The minimum atomic E-state index is 0. The van der Waals surface area contributed by atoms with E-state index < -0.39 is 0 Å². The number of hydrogen-bond acceptors (Lipinski definition) is 3. The summed E-state index contributed by atoms with van der Waals surface area (Å²) in [7, 11) is 0. The number of hydrogen-bond donors (Lipinski definition) is 2. The van der Waals surface area contributed by atoms with Gasteiger partial charge in [-0.25, -0.2) is 0 Å². The summed E-state index contributed by atoms with van der Waals surface area (Å²) in [5.74, 6) is 0.150. The summed E-state index contributed by atoms with van der Waals surface area (Å²) in [6.45, 7) is 4.70. The van der Waals surface area contributed by atoms with Gasteiger partial charge in [0.25, 0.3) is 0 Å². The maximum absolute atomic E-state index is 12.4. The molecule has 1 aromatic carbocycles. The predicted molar refractivity (Wildman–Crippen MR) is 116 cm³/mol. The Kier molecular flexibility index (Phi) is 10.7. The molecule has 0 radical (unpaired) electrons. The molecule has 0 bridgehead atoms. The molecule has 27 heavy (non-hydrogen) atoms. The number of carbonyl (C=O) groups is 1. The van der Waals surface area contributed by atoms with Crippen molar-refractivity contribution in [1.82, 2.24) is 10.2 Å². The quantitative estimate of drug-likeness (QED) is 0.705. The molecule has 6 heteroatoms. The molecule has 2 aliphatic rings. The first-order chi connectivity index (χ1) is 12.2. The van der Waals surface area contributed by atoms with Gasteiger partial charge in [-0.15, -0.1) is 24.8 Å². The van der Waals surface area contributed by atoms with Gasteiger partial charge >= 0.3 is 0 Å². The maximum Gasteiger partial charge on any atom is 0.220 e. The van der Waals surface area contributed by atoms with Crippen LogP contribution in [0.2, 0.25) is 0 Å². The summed E-state index contributed by atoms with van der Waals surface area (Å²) in [5, 5.41) is 3.12. The van der Waals surface area contributed by atoms with Crippen LogP contribution in [-0.4, -0.2) is 30.4 Å². The van der Waals surface area contributed by atoms with Gasteiger partial charge in [-0.05, 0) is 61.9 Å². The second-order valence-corrected chi connectivity index (χ2v) is 8.02. The molecule has 1 saturated carbocycles. The highest BCUT2D eigenvalue weighted by Crippen LogP contribution is 2.38. The summed E-state index contributed by atoms with van der Waals surface area (Å²) in [4.78, 5) is 14.9. The standard InChI is InChI=1S/C21H33N3O.2ClH/c22-17-21(9-2-1-3-10-21)14-20(25)23-15-18-7-6-8-19(13-18)16-24-11-4-5-12-24;;/h6-8,13H,1-5,9-12,14-17,22H2,(H,23,25);2*1H. The van der Waals surface area contributed by atoms with Crippen LogP contribution in [0.25, 0.3) is 0 Å². The van der Waals surface area contributed by atoms with Gasteiger partial charge in [0.2, 0.25) is 5.91 Å². The topological polar surface area (TPSA) is 58.4 Å². The number of amides is 1. The molecule has 154 valence electrons. The first-order valence-electron chi connectivity index (χ1n) is 9.96. The SMILES string of the molecule is Cl.Cl.NCC1(CC(=O)NCc2cccc(CN3CCCC3)c2)CCCCC1. The van der Waals surface area contributed by atoms with E-state index >= 15 is 0 Å². The lowest BCUT2D eigenvalue weighted by atomic mass is 9.71. The van der Waals surface area contributed by atoms with Crippen LogP contribution in [0.4, 0.5) is 0 Å². The molecule has 0 atom stereocenters. The van der Waals surface area contributed by atoms with Gasteiger partial charge in [-0.1, -0.05) is 43.5 Å². The smallest absolute Gasteiger partial charge is 0.220 e. The fraction of sp³-hybridized carbons (Fsp3) is 0.667. The number of halogens is 2. The molecule has 3 N–H and O–H groups in total. The first kappa shape index (κ1) is 24.2. The van der Waals surface area contributed by atoms with E-state index in [4.69, 9.17) is 5.73 Å². The van der Waals surface area contributed by atoms with Gasteiger partial charge in [0.1, 0.15) is 0 Å². The third kappa shape index (κ3) is 7.26. The van der Waals surface area contributed by atoms with Crippen LogP contribution in [0, 0.1) is 5.41 Å². The van der Waals surface area contributed by atoms with Crippen LogP contribution >= 0.6 is 24.8 Å². The fourth-order valence-corrected chi connectivity index (χ4v) is 4.40. The molecule has 0 spiro atoms. The van der Waals surface area contributed by atoms with E-state index in [1.807, 2.05) is 0 Å². The van der Waals surface area contributed by atoms with Crippen LogP contribution in [0.15, 0.2) is 24.3 Å². The molecular weight excluding hydrogens is 381 g/mol.